The second-order valence-corrected chi connectivity index (χ2v) is 7.93. The van der Waals surface area contributed by atoms with Crippen molar-refractivity contribution in [3.63, 3.8) is 0 Å². The first kappa shape index (κ1) is 21.4. The summed E-state index contributed by atoms with van der Waals surface area (Å²) in [5.41, 5.74) is 5.58. The average Bonchev–Trinajstić information content (AvgIpc) is 3.01. The summed E-state index contributed by atoms with van der Waals surface area (Å²) < 4.78 is 5.50. The number of ether oxygens (including phenoxy) is 1. The summed E-state index contributed by atoms with van der Waals surface area (Å²) in [4.78, 5) is 28.4. The molecular formula is C27H26N2O3. The van der Waals surface area contributed by atoms with Crippen LogP contribution in [0.1, 0.15) is 29.2 Å². The monoisotopic (exact) mass is 426 g/mol. The van der Waals surface area contributed by atoms with E-state index in [4.69, 9.17) is 4.74 Å². The number of imide groups is 1. The predicted octanol–water partition coefficient (Wildman–Crippen LogP) is 5.41. The number of benzene rings is 3. The minimum atomic E-state index is -0.367. The smallest absolute Gasteiger partial charge is 0.282 e. The van der Waals surface area contributed by atoms with E-state index >= 15 is 0 Å². The molecule has 0 radical (unpaired) electrons. The molecule has 0 saturated carbocycles. The van der Waals surface area contributed by atoms with Gasteiger partial charge in [0.05, 0.1) is 17.9 Å². The molecule has 3 aromatic rings. The molecule has 0 unspecified atom stereocenters. The number of rotatable bonds is 6. The lowest BCUT2D eigenvalue weighted by Gasteiger charge is -2.18. The second kappa shape index (κ2) is 8.71. The van der Waals surface area contributed by atoms with Crippen LogP contribution in [0, 0.1) is 20.8 Å². The molecule has 162 valence electrons. The van der Waals surface area contributed by atoms with Crippen LogP contribution in [0.3, 0.4) is 0 Å². The zero-order valence-electron chi connectivity index (χ0n) is 18.7. The molecule has 4 rings (SSSR count). The second-order valence-electron chi connectivity index (χ2n) is 7.93. The fourth-order valence-electron chi connectivity index (χ4n) is 3.76. The van der Waals surface area contributed by atoms with Crippen LogP contribution >= 0.6 is 0 Å². The molecule has 2 amide bonds. The molecule has 0 aliphatic carbocycles. The molecule has 32 heavy (non-hydrogen) atoms. The topological polar surface area (TPSA) is 58.6 Å². The van der Waals surface area contributed by atoms with Gasteiger partial charge in [0.1, 0.15) is 11.4 Å². The summed E-state index contributed by atoms with van der Waals surface area (Å²) in [7, 11) is 0. The third-order valence-corrected chi connectivity index (χ3v) is 5.46. The van der Waals surface area contributed by atoms with Gasteiger partial charge in [-0.2, -0.15) is 0 Å². The van der Waals surface area contributed by atoms with E-state index in [1.165, 1.54) is 4.90 Å². The van der Waals surface area contributed by atoms with E-state index in [2.05, 4.69) is 5.32 Å². The third-order valence-electron chi connectivity index (χ3n) is 5.46. The van der Waals surface area contributed by atoms with E-state index in [0.29, 0.717) is 29.1 Å². The number of nitrogens with zero attached hydrogens (tertiary/aromatic N) is 1. The lowest BCUT2D eigenvalue weighted by atomic mass is 10.0. The average molecular weight is 427 g/mol. The molecule has 5 nitrogen and oxygen atoms in total. The van der Waals surface area contributed by atoms with Crippen LogP contribution in [0.4, 0.5) is 11.4 Å². The maximum Gasteiger partial charge on any atom is 0.282 e. The Morgan fingerprint density at radius 3 is 2.12 bits per heavy atom. The Labute approximate surface area is 188 Å². The van der Waals surface area contributed by atoms with E-state index in [9.17, 15) is 9.59 Å². The highest BCUT2D eigenvalue weighted by Crippen LogP contribution is 2.35. The van der Waals surface area contributed by atoms with Crippen molar-refractivity contribution in [1.29, 1.82) is 0 Å². The Morgan fingerprint density at radius 1 is 0.812 bits per heavy atom. The molecule has 0 atom stereocenters. The van der Waals surface area contributed by atoms with Crippen molar-refractivity contribution in [3.8, 4) is 5.75 Å². The number of carbonyl (C=O) groups excluding carboxylic acids is 2. The highest BCUT2D eigenvalue weighted by Gasteiger charge is 2.40. The number of hydrogen-bond donors (Lipinski definition) is 1. The molecule has 0 fully saturated rings. The first-order chi connectivity index (χ1) is 15.4. The van der Waals surface area contributed by atoms with Gasteiger partial charge >= 0.3 is 0 Å². The Morgan fingerprint density at radius 2 is 1.47 bits per heavy atom. The number of anilines is 2. The lowest BCUT2D eigenvalue weighted by molar-refractivity contribution is -0.120. The van der Waals surface area contributed by atoms with Gasteiger partial charge in [0.25, 0.3) is 11.8 Å². The van der Waals surface area contributed by atoms with Crippen molar-refractivity contribution in [3.05, 3.63) is 94.7 Å². The summed E-state index contributed by atoms with van der Waals surface area (Å²) in [6.45, 7) is 8.34. The summed E-state index contributed by atoms with van der Waals surface area (Å²) in [6.07, 6.45) is 0. The molecule has 0 bridgehead atoms. The van der Waals surface area contributed by atoms with Crippen LogP contribution in [0.5, 0.6) is 5.75 Å². The fraction of sp³-hybridized carbons (Fsp3) is 0.185. The maximum absolute atomic E-state index is 13.6. The van der Waals surface area contributed by atoms with E-state index in [1.54, 1.807) is 0 Å². The fourth-order valence-corrected chi connectivity index (χ4v) is 3.76. The van der Waals surface area contributed by atoms with Crippen molar-refractivity contribution >= 4 is 28.8 Å². The van der Waals surface area contributed by atoms with Gasteiger partial charge in [0, 0.05) is 5.69 Å². The zero-order chi connectivity index (χ0) is 22.8. The van der Waals surface area contributed by atoms with Crippen LogP contribution < -0.4 is 15.0 Å². The van der Waals surface area contributed by atoms with Gasteiger partial charge in [0.2, 0.25) is 0 Å². The largest absolute Gasteiger partial charge is 0.494 e. The first-order valence-electron chi connectivity index (χ1n) is 10.7. The SMILES string of the molecule is CCOc1ccc(NC2=C(c3ccc(C)cc3)C(=O)N(c3cc(C)ccc3C)C2=O)cc1. The normalized spacial score (nSPS) is 13.7. The van der Waals surface area contributed by atoms with Gasteiger partial charge < -0.3 is 10.1 Å². The van der Waals surface area contributed by atoms with Crippen molar-refractivity contribution in [2.75, 3.05) is 16.8 Å². The van der Waals surface area contributed by atoms with Crippen LogP contribution in [-0.4, -0.2) is 18.4 Å². The number of nitrogens with one attached hydrogen (secondary N) is 1. The summed E-state index contributed by atoms with van der Waals surface area (Å²) in [6, 6.07) is 20.7. The van der Waals surface area contributed by atoms with Gasteiger partial charge in [0.15, 0.2) is 0 Å². The van der Waals surface area contributed by atoms with Crippen LogP contribution in [0.25, 0.3) is 5.57 Å². The lowest BCUT2D eigenvalue weighted by Crippen LogP contribution is -2.33. The van der Waals surface area contributed by atoms with Gasteiger partial charge in [-0.05, 0) is 74.7 Å². The molecule has 0 spiro atoms. The first-order valence-corrected chi connectivity index (χ1v) is 10.7. The van der Waals surface area contributed by atoms with E-state index in [1.807, 2.05) is 94.4 Å². The summed E-state index contributed by atoms with van der Waals surface area (Å²) in [5.74, 6) is 0.0470. The Bertz CT molecular complexity index is 1210. The molecule has 0 saturated heterocycles. The quantitative estimate of drug-likeness (QED) is 0.536. The summed E-state index contributed by atoms with van der Waals surface area (Å²) >= 11 is 0. The predicted molar refractivity (Wildman–Crippen MR) is 128 cm³/mol. The molecule has 1 aliphatic rings. The minimum absolute atomic E-state index is 0.268. The van der Waals surface area contributed by atoms with Crippen LogP contribution in [0.2, 0.25) is 0 Å². The Kier molecular flexibility index (Phi) is 5.82. The van der Waals surface area contributed by atoms with E-state index in [0.717, 1.165) is 22.4 Å². The third kappa shape index (κ3) is 4.02. The van der Waals surface area contributed by atoms with Crippen molar-refractivity contribution in [1.82, 2.24) is 0 Å². The maximum atomic E-state index is 13.6. The molecule has 1 aliphatic heterocycles. The highest BCUT2D eigenvalue weighted by atomic mass is 16.5. The summed E-state index contributed by atoms with van der Waals surface area (Å²) in [5, 5.41) is 3.20. The van der Waals surface area contributed by atoms with Crippen molar-refractivity contribution < 1.29 is 14.3 Å². The molecule has 3 aromatic carbocycles. The Balaban J connectivity index is 1.79. The standard InChI is InChI=1S/C27H26N2O3/c1-5-32-22-14-12-21(13-15-22)28-25-24(20-10-7-17(2)8-11-20)26(30)29(27(25)31)23-16-18(3)6-9-19(23)4/h6-16,28H,5H2,1-4H3. The zero-order valence-corrected chi connectivity index (χ0v) is 18.7. The molecule has 5 heteroatoms. The van der Waals surface area contributed by atoms with Crippen molar-refractivity contribution in [2.45, 2.75) is 27.7 Å². The van der Waals surface area contributed by atoms with Gasteiger partial charge in [-0.25, -0.2) is 4.90 Å². The van der Waals surface area contributed by atoms with E-state index < -0.39 is 0 Å². The minimum Gasteiger partial charge on any atom is -0.494 e. The van der Waals surface area contributed by atoms with Crippen molar-refractivity contribution in [2.24, 2.45) is 0 Å². The van der Waals surface area contributed by atoms with Gasteiger partial charge in [-0.15, -0.1) is 0 Å². The van der Waals surface area contributed by atoms with Gasteiger partial charge in [-0.1, -0.05) is 42.0 Å². The molecule has 1 N–H and O–H groups in total. The molecule has 1 heterocycles. The number of carbonyl (C=O) groups is 2. The number of amides is 2. The number of hydrogen-bond acceptors (Lipinski definition) is 4. The number of aryl methyl sites for hydroxylation is 3. The highest BCUT2D eigenvalue weighted by molar-refractivity contribution is 6.46. The van der Waals surface area contributed by atoms with Crippen LogP contribution in [-0.2, 0) is 9.59 Å². The Hall–Kier alpha value is -3.86. The molecule has 0 aromatic heterocycles. The van der Waals surface area contributed by atoms with E-state index in [-0.39, 0.29) is 17.5 Å². The van der Waals surface area contributed by atoms with Gasteiger partial charge in [-0.3, -0.25) is 9.59 Å². The van der Waals surface area contributed by atoms with Crippen LogP contribution in [0.15, 0.2) is 72.4 Å². The molecular weight excluding hydrogens is 400 g/mol.